The Kier molecular flexibility index (Phi) is 6.25. The predicted molar refractivity (Wildman–Crippen MR) is 85.5 cm³/mol. The highest BCUT2D eigenvalue weighted by molar-refractivity contribution is 5.33. The van der Waals surface area contributed by atoms with Crippen LogP contribution in [0.25, 0.3) is 0 Å². The van der Waals surface area contributed by atoms with E-state index in [9.17, 15) is 0 Å². The zero-order chi connectivity index (χ0) is 14.9. The van der Waals surface area contributed by atoms with Crippen LogP contribution in [0.3, 0.4) is 0 Å². The van der Waals surface area contributed by atoms with E-state index in [-0.39, 0.29) is 6.04 Å². The number of nitrogens with one attached hydrogen (secondary N) is 1. The number of hydrogen-bond acceptors (Lipinski definition) is 3. The third-order valence-electron chi connectivity index (χ3n) is 3.42. The minimum absolute atomic E-state index is 0.177. The van der Waals surface area contributed by atoms with Crippen LogP contribution in [0.15, 0.2) is 54.6 Å². The normalized spacial score (nSPS) is 12.1. The zero-order valence-electron chi connectivity index (χ0n) is 12.7. The Balaban J connectivity index is 2.05. The SMILES string of the molecule is CCOC[C@@H](NCc1ccccc1OC)c1ccccc1. The van der Waals surface area contributed by atoms with E-state index >= 15 is 0 Å². The second kappa shape index (κ2) is 8.45. The molecule has 21 heavy (non-hydrogen) atoms. The van der Waals surface area contributed by atoms with Crippen molar-refractivity contribution in [3.05, 3.63) is 65.7 Å². The molecule has 0 aromatic heterocycles. The molecule has 0 saturated heterocycles. The molecule has 0 aliphatic rings. The molecular weight excluding hydrogens is 262 g/mol. The third kappa shape index (κ3) is 4.59. The Morgan fingerprint density at radius 3 is 2.43 bits per heavy atom. The van der Waals surface area contributed by atoms with Crippen LogP contribution < -0.4 is 10.1 Å². The standard InChI is InChI=1S/C18H23NO2/c1-3-21-14-17(15-9-5-4-6-10-15)19-13-16-11-7-8-12-18(16)20-2/h4-12,17,19H,3,13-14H2,1-2H3/t17-/m1/s1. The summed E-state index contributed by atoms with van der Waals surface area (Å²) in [6.07, 6.45) is 0. The van der Waals surface area contributed by atoms with Gasteiger partial charge in [-0.15, -0.1) is 0 Å². The Bertz CT molecular complexity index is 528. The Morgan fingerprint density at radius 1 is 1.00 bits per heavy atom. The lowest BCUT2D eigenvalue weighted by Gasteiger charge is -2.20. The Hall–Kier alpha value is -1.84. The van der Waals surface area contributed by atoms with Crippen LogP contribution in [-0.4, -0.2) is 20.3 Å². The average molecular weight is 285 g/mol. The van der Waals surface area contributed by atoms with Crippen LogP contribution in [0.4, 0.5) is 0 Å². The highest BCUT2D eigenvalue weighted by Gasteiger charge is 2.12. The minimum atomic E-state index is 0.177. The van der Waals surface area contributed by atoms with Gasteiger partial charge in [0.15, 0.2) is 0 Å². The summed E-state index contributed by atoms with van der Waals surface area (Å²) in [5, 5.41) is 3.56. The predicted octanol–water partition coefficient (Wildman–Crippen LogP) is 3.56. The fourth-order valence-corrected chi connectivity index (χ4v) is 2.28. The topological polar surface area (TPSA) is 30.5 Å². The van der Waals surface area contributed by atoms with Crippen molar-refractivity contribution in [1.29, 1.82) is 0 Å². The fourth-order valence-electron chi connectivity index (χ4n) is 2.28. The number of ether oxygens (including phenoxy) is 2. The lowest BCUT2D eigenvalue weighted by Crippen LogP contribution is -2.25. The van der Waals surface area contributed by atoms with E-state index in [1.165, 1.54) is 5.56 Å². The molecule has 0 aliphatic carbocycles. The molecule has 0 heterocycles. The van der Waals surface area contributed by atoms with Crippen LogP contribution in [0.5, 0.6) is 5.75 Å². The highest BCUT2D eigenvalue weighted by atomic mass is 16.5. The van der Waals surface area contributed by atoms with Crippen molar-refractivity contribution >= 4 is 0 Å². The van der Waals surface area contributed by atoms with Gasteiger partial charge < -0.3 is 14.8 Å². The van der Waals surface area contributed by atoms with E-state index in [0.717, 1.165) is 24.5 Å². The van der Waals surface area contributed by atoms with Gasteiger partial charge in [0.05, 0.1) is 19.8 Å². The minimum Gasteiger partial charge on any atom is -0.496 e. The van der Waals surface area contributed by atoms with Crippen molar-refractivity contribution in [2.45, 2.75) is 19.5 Å². The third-order valence-corrected chi connectivity index (χ3v) is 3.42. The first-order valence-corrected chi connectivity index (χ1v) is 7.33. The van der Waals surface area contributed by atoms with Crippen molar-refractivity contribution in [3.63, 3.8) is 0 Å². The van der Waals surface area contributed by atoms with Crippen molar-refractivity contribution in [1.82, 2.24) is 5.32 Å². The van der Waals surface area contributed by atoms with Crippen LogP contribution in [0.2, 0.25) is 0 Å². The van der Waals surface area contributed by atoms with Gasteiger partial charge in [0, 0.05) is 18.7 Å². The van der Waals surface area contributed by atoms with E-state index in [1.807, 2.05) is 31.2 Å². The molecule has 2 aromatic carbocycles. The van der Waals surface area contributed by atoms with E-state index in [0.29, 0.717) is 6.61 Å². The van der Waals surface area contributed by atoms with Gasteiger partial charge in [0.25, 0.3) is 0 Å². The first-order valence-electron chi connectivity index (χ1n) is 7.33. The molecule has 3 nitrogen and oxygen atoms in total. The number of para-hydroxylation sites is 1. The maximum Gasteiger partial charge on any atom is 0.123 e. The molecular formula is C18H23NO2. The lowest BCUT2D eigenvalue weighted by molar-refractivity contribution is 0.122. The van der Waals surface area contributed by atoms with Gasteiger partial charge in [-0.3, -0.25) is 0 Å². The van der Waals surface area contributed by atoms with Gasteiger partial charge in [0.1, 0.15) is 5.75 Å². The molecule has 0 saturated carbocycles. The summed E-state index contributed by atoms with van der Waals surface area (Å²) >= 11 is 0. The van der Waals surface area contributed by atoms with Gasteiger partial charge in [-0.2, -0.15) is 0 Å². The number of methoxy groups -OCH3 is 1. The summed E-state index contributed by atoms with van der Waals surface area (Å²) in [5.41, 5.74) is 2.39. The van der Waals surface area contributed by atoms with Gasteiger partial charge >= 0.3 is 0 Å². The fraction of sp³-hybridized carbons (Fsp3) is 0.333. The van der Waals surface area contributed by atoms with Gasteiger partial charge in [0.2, 0.25) is 0 Å². The summed E-state index contributed by atoms with van der Waals surface area (Å²) in [7, 11) is 1.70. The van der Waals surface area contributed by atoms with Crippen molar-refractivity contribution < 1.29 is 9.47 Å². The molecule has 3 heteroatoms. The van der Waals surface area contributed by atoms with E-state index in [2.05, 4.69) is 35.6 Å². The number of hydrogen-bond donors (Lipinski definition) is 1. The van der Waals surface area contributed by atoms with Crippen molar-refractivity contribution in [3.8, 4) is 5.75 Å². The van der Waals surface area contributed by atoms with E-state index in [4.69, 9.17) is 9.47 Å². The van der Waals surface area contributed by atoms with Crippen LogP contribution in [0.1, 0.15) is 24.1 Å². The van der Waals surface area contributed by atoms with Crippen molar-refractivity contribution in [2.75, 3.05) is 20.3 Å². The van der Waals surface area contributed by atoms with Gasteiger partial charge in [-0.25, -0.2) is 0 Å². The molecule has 1 N–H and O–H groups in total. The van der Waals surface area contributed by atoms with Crippen LogP contribution in [0, 0.1) is 0 Å². The summed E-state index contributed by atoms with van der Waals surface area (Å²) in [4.78, 5) is 0. The summed E-state index contributed by atoms with van der Waals surface area (Å²) in [5.74, 6) is 0.910. The molecule has 0 radical (unpaired) electrons. The molecule has 0 unspecified atom stereocenters. The highest BCUT2D eigenvalue weighted by Crippen LogP contribution is 2.19. The Labute approximate surface area is 126 Å². The molecule has 1 atom stereocenters. The maximum absolute atomic E-state index is 5.60. The first kappa shape index (κ1) is 15.5. The maximum atomic E-state index is 5.60. The van der Waals surface area contributed by atoms with Crippen LogP contribution >= 0.6 is 0 Å². The monoisotopic (exact) mass is 285 g/mol. The molecule has 2 aromatic rings. The van der Waals surface area contributed by atoms with Crippen LogP contribution in [-0.2, 0) is 11.3 Å². The second-order valence-electron chi connectivity index (χ2n) is 4.82. The summed E-state index contributed by atoms with van der Waals surface area (Å²) in [6, 6.07) is 18.6. The molecule has 0 bridgehead atoms. The largest absolute Gasteiger partial charge is 0.496 e. The molecule has 0 amide bonds. The van der Waals surface area contributed by atoms with Gasteiger partial charge in [-0.1, -0.05) is 48.5 Å². The second-order valence-corrected chi connectivity index (χ2v) is 4.82. The van der Waals surface area contributed by atoms with Gasteiger partial charge in [-0.05, 0) is 18.6 Å². The van der Waals surface area contributed by atoms with E-state index < -0.39 is 0 Å². The molecule has 0 fully saturated rings. The zero-order valence-corrected chi connectivity index (χ0v) is 12.7. The van der Waals surface area contributed by atoms with Crippen molar-refractivity contribution in [2.24, 2.45) is 0 Å². The summed E-state index contributed by atoms with van der Waals surface area (Å²) in [6.45, 7) is 4.15. The number of rotatable bonds is 8. The Morgan fingerprint density at radius 2 is 1.71 bits per heavy atom. The molecule has 112 valence electrons. The number of benzene rings is 2. The smallest absolute Gasteiger partial charge is 0.123 e. The quantitative estimate of drug-likeness (QED) is 0.804. The molecule has 0 aliphatic heterocycles. The summed E-state index contributed by atoms with van der Waals surface area (Å²) < 4.78 is 11.0. The van der Waals surface area contributed by atoms with E-state index in [1.54, 1.807) is 7.11 Å². The average Bonchev–Trinajstić information content (AvgIpc) is 2.56. The first-order chi connectivity index (χ1) is 10.3. The molecule has 2 rings (SSSR count). The molecule has 0 spiro atoms. The lowest BCUT2D eigenvalue weighted by atomic mass is 10.1.